The normalized spacial score (nSPS) is 14.1. The number of rotatable bonds is 7. The fourth-order valence-electron chi connectivity index (χ4n) is 4.07. The number of aromatic nitrogens is 2. The summed E-state index contributed by atoms with van der Waals surface area (Å²) in [6.45, 7) is 7.54. The second-order valence-corrected chi connectivity index (χ2v) is 8.16. The van der Waals surface area contributed by atoms with Crippen LogP contribution < -0.4 is 10.6 Å². The van der Waals surface area contributed by atoms with Crippen LogP contribution >= 0.6 is 0 Å². The number of carbonyl (C=O) groups is 2. The molecule has 0 bridgehead atoms. The van der Waals surface area contributed by atoms with Gasteiger partial charge in [0.2, 0.25) is 11.9 Å². The summed E-state index contributed by atoms with van der Waals surface area (Å²) in [6.07, 6.45) is 2.66. The molecule has 1 aliphatic heterocycles. The molecule has 0 unspecified atom stereocenters. The zero-order valence-corrected chi connectivity index (χ0v) is 19.1. The third kappa shape index (κ3) is 5.01. The lowest BCUT2D eigenvalue weighted by Crippen LogP contribution is -2.35. The summed E-state index contributed by atoms with van der Waals surface area (Å²) in [5.74, 6) is -0.186. The van der Waals surface area contributed by atoms with Crippen LogP contribution in [-0.4, -0.2) is 52.6 Å². The van der Waals surface area contributed by atoms with Crippen LogP contribution in [0.5, 0.6) is 0 Å². The maximum Gasteiger partial charge on any atom is 0.293 e. The zero-order chi connectivity index (χ0) is 24.2. The van der Waals surface area contributed by atoms with Gasteiger partial charge in [-0.1, -0.05) is 18.7 Å². The molecule has 0 saturated carbocycles. The highest BCUT2D eigenvalue weighted by atomic mass is 16.5. The van der Waals surface area contributed by atoms with Crippen molar-refractivity contribution in [2.75, 3.05) is 36.9 Å². The topological polar surface area (TPSA) is 102 Å². The van der Waals surface area contributed by atoms with Gasteiger partial charge in [-0.15, -0.1) is 0 Å². The number of nitrogens with one attached hydrogen (secondary N) is 2. The average molecular weight is 472 g/mol. The van der Waals surface area contributed by atoms with Crippen molar-refractivity contribution in [1.29, 1.82) is 0 Å². The number of fused-ring (bicyclic) bond motifs is 1. The third-order valence-electron chi connectivity index (χ3n) is 5.76. The van der Waals surface area contributed by atoms with E-state index in [4.69, 9.17) is 14.1 Å². The molecule has 0 radical (unpaired) electrons. The largest absolute Gasteiger partial charge is 0.459 e. The zero-order valence-electron chi connectivity index (χ0n) is 19.1. The van der Waals surface area contributed by atoms with Crippen molar-refractivity contribution >= 4 is 34.5 Å². The van der Waals surface area contributed by atoms with Crippen molar-refractivity contribution < 1.29 is 18.7 Å². The summed E-state index contributed by atoms with van der Waals surface area (Å²) in [4.78, 5) is 31.7. The lowest BCUT2D eigenvalue weighted by atomic mass is 10.1. The number of hydrogen-bond donors (Lipinski definition) is 2. The molecule has 2 amide bonds. The number of amides is 2. The van der Waals surface area contributed by atoms with E-state index < -0.39 is 5.91 Å². The van der Waals surface area contributed by atoms with E-state index in [0.717, 1.165) is 55.1 Å². The summed E-state index contributed by atoms with van der Waals surface area (Å²) in [7, 11) is 0. The second-order valence-electron chi connectivity index (χ2n) is 8.16. The van der Waals surface area contributed by atoms with Gasteiger partial charge in [0.15, 0.2) is 5.76 Å². The molecule has 1 fully saturated rings. The van der Waals surface area contributed by atoms with Gasteiger partial charge in [0, 0.05) is 25.3 Å². The molecule has 2 aromatic carbocycles. The maximum atomic E-state index is 12.8. The first-order chi connectivity index (χ1) is 17.1. The summed E-state index contributed by atoms with van der Waals surface area (Å²) >= 11 is 0. The molecule has 0 atom stereocenters. The van der Waals surface area contributed by atoms with Gasteiger partial charge >= 0.3 is 0 Å². The van der Waals surface area contributed by atoms with E-state index in [0.29, 0.717) is 11.6 Å². The van der Waals surface area contributed by atoms with Crippen molar-refractivity contribution in [3.05, 3.63) is 84.8 Å². The highest BCUT2D eigenvalue weighted by Gasteiger charge is 2.19. The average Bonchev–Trinajstić information content (AvgIpc) is 3.53. The smallest absolute Gasteiger partial charge is 0.293 e. The number of anilines is 2. The Kier molecular flexibility index (Phi) is 6.42. The molecule has 0 aliphatic carbocycles. The Labute approximate surface area is 202 Å². The van der Waals surface area contributed by atoms with E-state index in [9.17, 15) is 9.59 Å². The van der Waals surface area contributed by atoms with E-state index >= 15 is 0 Å². The molecule has 1 saturated heterocycles. The summed E-state index contributed by atoms with van der Waals surface area (Å²) in [6, 6.07) is 16.6. The van der Waals surface area contributed by atoms with Crippen molar-refractivity contribution in [2.45, 2.75) is 6.54 Å². The van der Waals surface area contributed by atoms with Gasteiger partial charge in [-0.2, -0.15) is 0 Å². The van der Waals surface area contributed by atoms with Gasteiger partial charge in [-0.25, -0.2) is 4.98 Å². The first-order valence-electron chi connectivity index (χ1n) is 11.3. The first-order valence-corrected chi connectivity index (χ1v) is 11.3. The van der Waals surface area contributed by atoms with Crippen molar-refractivity contribution in [2.24, 2.45) is 0 Å². The number of nitrogens with zero attached hydrogens (tertiary/aromatic N) is 3. The van der Waals surface area contributed by atoms with Gasteiger partial charge in [0.25, 0.3) is 5.91 Å². The Balaban J connectivity index is 1.54. The minimum absolute atomic E-state index is 0.184. The highest BCUT2D eigenvalue weighted by Crippen LogP contribution is 2.28. The number of imidazole rings is 1. The Morgan fingerprint density at radius 3 is 2.69 bits per heavy atom. The minimum atomic E-state index is -0.406. The van der Waals surface area contributed by atoms with Crippen molar-refractivity contribution in [3.63, 3.8) is 0 Å². The quantitative estimate of drug-likeness (QED) is 0.397. The Morgan fingerprint density at radius 2 is 1.91 bits per heavy atom. The molecule has 2 N–H and O–H groups in total. The number of carbonyl (C=O) groups excluding carboxylic acids is 2. The van der Waals surface area contributed by atoms with Gasteiger partial charge in [0.05, 0.1) is 36.2 Å². The molecule has 2 aromatic heterocycles. The number of hydrogen-bond acceptors (Lipinski definition) is 6. The first kappa shape index (κ1) is 22.6. The van der Waals surface area contributed by atoms with Crippen molar-refractivity contribution in [1.82, 2.24) is 14.5 Å². The van der Waals surface area contributed by atoms with Crippen LogP contribution in [-0.2, 0) is 16.1 Å². The van der Waals surface area contributed by atoms with Crippen LogP contribution in [0.4, 0.5) is 11.6 Å². The highest BCUT2D eigenvalue weighted by molar-refractivity contribution is 6.02. The van der Waals surface area contributed by atoms with Crippen LogP contribution in [0.3, 0.4) is 0 Å². The van der Waals surface area contributed by atoms with Crippen LogP contribution in [0, 0.1) is 0 Å². The van der Waals surface area contributed by atoms with E-state index in [1.807, 2.05) is 34.9 Å². The predicted octanol–water partition coefficient (Wildman–Crippen LogP) is 3.83. The van der Waals surface area contributed by atoms with E-state index in [1.165, 1.54) is 12.3 Å². The van der Waals surface area contributed by atoms with Crippen LogP contribution in [0.2, 0.25) is 0 Å². The van der Waals surface area contributed by atoms with Crippen LogP contribution in [0.1, 0.15) is 16.1 Å². The fraction of sp³-hybridized carbons (Fsp3) is 0.192. The number of benzene rings is 2. The molecule has 5 rings (SSSR count). The number of furan rings is 1. The standard InChI is InChI=1S/C26H25N5O4/c1-2-24(32)27-19-5-3-6-20(16-19)31-22-9-8-18(17-30-10-13-34-14-11-30)15-21(22)28-26(31)29-25(33)23-7-4-12-35-23/h2-9,12,15-16H,1,10-11,13-14,17H2,(H,27,32)(H,28,29,33). The summed E-state index contributed by atoms with van der Waals surface area (Å²) in [5.41, 5.74) is 4.01. The lowest BCUT2D eigenvalue weighted by Gasteiger charge is -2.26. The van der Waals surface area contributed by atoms with Gasteiger partial charge < -0.3 is 14.5 Å². The maximum absolute atomic E-state index is 12.8. The van der Waals surface area contributed by atoms with E-state index in [2.05, 4.69) is 28.2 Å². The molecule has 4 aromatic rings. The van der Waals surface area contributed by atoms with Gasteiger partial charge in [-0.05, 0) is 54.1 Å². The van der Waals surface area contributed by atoms with Crippen LogP contribution in [0.25, 0.3) is 16.7 Å². The number of ether oxygens (including phenoxy) is 1. The number of morpholine rings is 1. The third-order valence-corrected chi connectivity index (χ3v) is 5.76. The molecular formula is C26H25N5O4. The molecule has 35 heavy (non-hydrogen) atoms. The molecule has 1 aliphatic rings. The minimum Gasteiger partial charge on any atom is -0.459 e. The molecule has 9 heteroatoms. The molecule has 3 heterocycles. The Hall–Kier alpha value is -4.21. The Morgan fingerprint density at radius 1 is 1.06 bits per heavy atom. The van der Waals surface area contributed by atoms with Gasteiger partial charge in [0.1, 0.15) is 0 Å². The van der Waals surface area contributed by atoms with E-state index in [1.54, 1.807) is 18.2 Å². The predicted molar refractivity (Wildman–Crippen MR) is 133 cm³/mol. The lowest BCUT2D eigenvalue weighted by molar-refractivity contribution is -0.111. The second kappa shape index (κ2) is 9.96. The molecule has 9 nitrogen and oxygen atoms in total. The molecular weight excluding hydrogens is 446 g/mol. The summed E-state index contributed by atoms with van der Waals surface area (Å²) < 4.78 is 12.5. The van der Waals surface area contributed by atoms with E-state index in [-0.39, 0.29) is 11.7 Å². The molecule has 178 valence electrons. The van der Waals surface area contributed by atoms with Crippen molar-refractivity contribution in [3.8, 4) is 5.69 Å². The molecule has 0 spiro atoms. The van der Waals surface area contributed by atoms with Gasteiger partial charge in [-0.3, -0.25) is 24.4 Å². The SMILES string of the molecule is C=CC(=O)Nc1cccc(-n2c(NC(=O)c3ccco3)nc3cc(CN4CCOCC4)ccc32)c1. The van der Waals surface area contributed by atoms with Crippen LogP contribution in [0.15, 0.2) is 77.9 Å². The summed E-state index contributed by atoms with van der Waals surface area (Å²) in [5, 5.41) is 5.63. The fourth-order valence-corrected chi connectivity index (χ4v) is 4.07. The monoisotopic (exact) mass is 471 g/mol. The Bertz CT molecular complexity index is 1370.